The van der Waals surface area contributed by atoms with Gasteiger partial charge in [-0.25, -0.2) is 0 Å². The van der Waals surface area contributed by atoms with Crippen LogP contribution in [0, 0.1) is 5.92 Å². The minimum atomic E-state index is -0.673. The van der Waals surface area contributed by atoms with E-state index in [4.69, 9.17) is 4.74 Å². The number of benzene rings is 1. The molecule has 2 nitrogen and oxygen atoms in total. The molecule has 0 spiro atoms. The second-order valence-corrected chi connectivity index (χ2v) is 5.88. The van der Waals surface area contributed by atoms with Gasteiger partial charge in [0, 0.05) is 13.5 Å². The summed E-state index contributed by atoms with van der Waals surface area (Å²) in [5.74, 6) is 0.975. The highest BCUT2D eigenvalue weighted by Gasteiger charge is 2.43. The van der Waals surface area contributed by atoms with E-state index in [1.165, 1.54) is 11.1 Å². The van der Waals surface area contributed by atoms with Gasteiger partial charge in [-0.3, -0.25) is 0 Å². The van der Waals surface area contributed by atoms with Crippen LogP contribution in [0.25, 0.3) is 0 Å². The van der Waals surface area contributed by atoms with Crippen molar-refractivity contribution in [2.45, 2.75) is 44.6 Å². The minimum absolute atomic E-state index is 0.419. The summed E-state index contributed by atoms with van der Waals surface area (Å²) >= 11 is 0. The van der Waals surface area contributed by atoms with Crippen molar-refractivity contribution in [3.63, 3.8) is 0 Å². The normalized spacial score (nSPS) is 18.9. The lowest BCUT2D eigenvalue weighted by molar-refractivity contribution is -0.0474. The molecule has 1 aliphatic carbocycles. The zero-order valence-corrected chi connectivity index (χ0v) is 11.6. The van der Waals surface area contributed by atoms with Crippen LogP contribution in [0.3, 0.4) is 0 Å². The maximum atomic E-state index is 10.7. The molecule has 0 aliphatic heterocycles. The molecule has 2 heteroatoms. The second kappa shape index (κ2) is 5.41. The molecule has 1 aromatic rings. The van der Waals surface area contributed by atoms with E-state index in [2.05, 4.69) is 38.1 Å². The minimum Gasteiger partial charge on any atom is -0.387 e. The molecular formula is C16H24O2. The van der Waals surface area contributed by atoms with Gasteiger partial charge in [-0.1, -0.05) is 38.1 Å². The SMILES string of the molecule is COCC(O)(Cc1ccc(C(C)C)cc1)C1CC1. The van der Waals surface area contributed by atoms with Gasteiger partial charge in [-0.15, -0.1) is 0 Å². The van der Waals surface area contributed by atoms with Crippen LogP contribution in [-0.2, 0) is 11.2 Å². The molecular weight excluding hydrogens is 224 g/mol. The van der Waals surface area contributed by atoms with Crippen LogP contribution in [0.4, 0.5) is 0 Å². The fraction of sp³-hybridized carbons (Fsp3) is 0.625. The largest absolute Gasteiger partial charge is 0.387 e. The van der Waals surface area contributed by atoms with Crippen molar-refractivity contribution in [2.75, 3.05) is 13.7 Å². The van der Waals surface area contributed by atoms with Crippen molar-refractivity contribution >= 4 is 0 Å². The topological polar surface area (TPSA) is 29.5 Å². The summed E-state index contributed by atoms with van der Waals surface area (Å²) in [6.45, 7) is 4.82. The molecule has 100 valence electrons. The van der Waals surface area contributed by atoms with E-state index in [1.807, 2.05) is 0 Å². The van der Waals surface area contributed by atoms with Crippen LogP contribution in [0.5, 0.6) is 0 Å². The summed E-state index contributed by atoms with van der Waals surface area (Å²) < 4.78 is 5.19. The highest BCUT2D eigenvalue weighted by Crippen LogP contribution is 2.41. The third kappa shape index (κ3) is 3.12. The Kier molecular flexibility index (Phi) is 4.08. The van der Waals surface area contributed by atoms with Crippen LogP contribution in [0.2, 0.25) is 0 Å². The maximum Gasteiger partial charge on any atom is 0.0947 e. The van der Waals surface area contributed by atoms with Gasteiger partial charge >= 0.3 is 0 Å². The van der Waals surface area contributed by atoms with E-state index in [9.17, 15) is 5.11 Å². The zero-order valence-electron chi connectivity index (χ0n) is 11.6. The monoisotopic (exact) mass is 248 g/mol. The molecule has 18 heavy (non-hydrogen) atoms. The first-order valence-corrected chi connectivity index (χ1v) is 6.85. The Morgan fingerprint density at radius 1 is 1.28 bits per heavy atom. The summed E-state index contributed by atoms with van der Waals surface area (Å²) in [6, 6.07) is 8.61. The van der Waals surface area contributed by atoms with Gasteiger partial charge in [-0.05, 0) is 35.8 Å². The van der Waals surface area contributed by atoms with Crippen molar-refractivity contribution in [3.8, 4) is 0 Å². The summed E-state index contributed by atoms with van der Waals surface area (Å²) in [4.78, 5) is 0. The van der Waals surface area contributed by atoms with Gasteiger partial charge in [0.2, 0.25) is 0 Å². The van der Waals surface area contributed by atoms with E-state index < -0.39 is 5.60 Å². The average Bonchev–Trinajstić information content (AvgIpc) is 3.14. The van der Waals surface area contributed by atoms with Crippen LogP contribution in [-0.4, -0.2) is 24.4 Å². The van der Waals surface area contributed by atoms with Gasteiger partial charge in [-0.2, -0.15) is 0 Å². The van der Waals surface area contributed by atoms with Gasteiger partial charge < -0.3 is 9.84 Å². The lowest BCUT2D eigenvalue weighted by Crippen LogP contribution is -2.39. The predicted octanol–water partition coefficient (Wildman–Crippen LogP) is 3.14. The van der Waals surface area contributed by atoms with Crippen LogP contribution >= 0.6 is 0 Å². The summed E-state index contributed by atoms with van der Waals surface area (Å²) in [5.41, 5.74) is 1.87. The highest BCUT2D eigenvalue weighted by atomic mass is 16.5. The van der Waals surface area contributed by atoms with Crippen molar-refractivity contribution in [3.05, 3.63) is 35.4 Å². The fourth-order valence-corrected chi connectivity index (χ4v) is 2.56. The Morgan fingerprint density at radius 3 is 2.33 bits per heavy atom. The number of ether oxygens (including phenoxy) is 1. The molecule has 2 rings (SSSR count). The molecule has 1 saturated carbocycles. The van der Waals surface area contributed by atoms with E-state index in [1.54, 1.807) is 7.11 Å². The van der Waals surface area contributed by atoms with Crippen molar-refractivity contribution in [1.29, 1.82) is 0 Å². The van der Waals surface area contributed by atoms with Crippen molar-refractivity contribution < 1.29 is 9.84 Å². The Balaban J connectivity index is 2.07. The molecule has 0 bridgehead atoms. The zero-order chi connectivity index (χ0) is 13.2. The number of aliphatic hydroxyl groups is 1. The summed E-state index contributed by atoms with van der Waals surface area (Å²) in [5, 5.41) is 10.7. The second-order valence-electron chi connectivity index (χ2n) is 5.88. The predicted molar refractivity (Wildman–Crippen MR) is 73.8 cm³/mol. The molecule has 0 saturated heterocycles. The van der Waals surface area contributed by atoms with E-state index >= 15 is 0 Å². The lowest BCUT2D eigenvalue weighted by atomic mass is 9.89. The molecule has 0 aromatic heterocycles. The maximum absolute atomic E-state index is 10.7. The van der Waals surface area contributed by atoms with Crippen molar-refractivity contribution in [1.82, 2.24) is 0 Å². The summed E-state index contributed by atoms with van der Waals surface area (Å²) in [6.07, 6.45) is 2.96. The first-order valence-electron chi connectivity index (χ1n) is 6.85. The molecule has 1 unspecified atom stereocenters. The first-order chi connectivity index (χ1) is 8.55. The van der Waals surface area contributed by atoms with E-state index in [-0.39, 0.29) is 0 Å². The number of hydrogen-bond donors (Lipinski definition) is 1. The standard InChI is InChI=1S/C16H24O2/c1-12(2)14-6-4-13(5-7-14)10-16(17,11-18-3)15-8-9-15/h4-7,12,15,17H,8-11H2,1-3H3. The average molecular weight is 248 g/mol. The highest BCUT2D eigenvalue weighted by molar-refractivity contribution is 5.26. The number of hydrogen-bond acceptors (Lipinski definition) is 2. The van der Waals surface area contributed by atoms with E-state index in [0.717, 1.165) is 12.8 Å². The molecule has 1 N–H and O–H groups in total. The Bertz CT molecular complexity index is 379. The first kappa shape index (κ1) is 13.6. The summed E-state index contributed by atoms with van der Waals surface area (Å²) in [7, 11) is 1.66. The van der Waals surface area contributed by atoms with Crippen molar-refractivity contribution in [2.24, 2.45) is 5.92 Å². The van der Waals surface area contributed by atoms with Crippen LogP contribution in [0.15, 0.2) is 24.3 Å². The number of rotatable bonds is 6. The molecule has 1 aromatic carbocycles. The number of methoxy groups -OCH3 is 1. The smallest absolute Gasteiger partial charge is 0.0947 e. The van der Waals surface area contributed by atoms with Crippen LogP contribution in [0.1, 0.15) is 43.7 Å². The fourth-order valence-electron chi connectivity index (χ4n) is 2.56. The molecule has 0 amide bonds. The van der Waals surface area contributed by atoms with Gasteiger partial charge in [0.25, 0.3) is 0 Å². The van der Waals surface area contributed by atoms with Gasteiger partial charge in [0.1, 0.15) is 0 Å². The Hall–Kier alpha value is -0.860. The molecule has 1 atom stereocenters. The quantitative estimate of drug-likeness (QED) is 0.838. The van der Waals surface area contributed by atoms with Gasteiger partial charge in [0.05, 0.1) is 12.2 Å². The Morgan fingerprint density at radius 2 is 1.89 bits per heavy atom. The lowest BCUT2D eigenvalue weighted by Gasteiger charge is -2.27. The third-order valence-corrected chi connectivity index (χ3v) is 3.89. The molecule has 1 aliphatic rings. The van der Waals surface area contributed by atoms with Crippen LogP contribution < -0.4 is 0 Å². The van der Waals surface area contributed by atoms with Gasteiger partial charge in [0.15, 0.2) is 0 Å². The molecule has 0 radical (unpaired) electrons. The third-order valence-electron chi connectivity index (χ3n) is 3.89. The Labute approximate surface area is 110 Å². The van der Waals surface area contributed by atoms with E-state index in [0.29, 0.717) is 24.9 Å². The molecule has 0 heterocycles. The molecule has 1 fully saturated rings.